The molecule has 1 amide bonds. The Balaban J connectivity index is 3.13. The zero-order valence-electron chi connectivity index (χ0n) is 9.99. The number of benzene rings is 1. The van der Waals surface area contributed by atoms with Gasteiger partial charge in [-0.05, 0) is 24.6 Å². The van der Waals surface area contributed by atoms with Gasteiger partial charge in [0.05, 0.1) is 22.4 Å². The lowest BCUT2D eigenvalue weighted by atomic mass is 10.1. The summed E-state index contributed by atoms with van der Waals surface area (Å²) >= 11 is 0.962. The van der Waals surface area contributed by atoms with Gasteiger partial charge in [-0.1, -0.05) is 6.92 Å². The van der Waals surface area contributed by atoms with E-state index in [9.17, 15) is 18.0 Å². The van der Waals surface area contributed by atoms with Gasteiger partial charge in [0.2, 0.25) is 5.91 Å². The van der Waals surface area contributed by atoms with Crippen molar-refractivity contribution in [1.29, 1.82) is 5.26 Å². The Morgan fingerprint density at radius 3 is 2.58 bits per heavy atom. The fraction of sp³-hybridized carbons (Fsp3) is 0.333. The first-order chi connectivity index (χ1) is 8.79. The summed E-state index contributed by atoms with van der Waals surface area (Å²) in [7, 11) is 0. The molecule has 0 aromatic heterocycles. The van der Waals surface area contributed by atoms with Crippen LogP contribution in [0.15, 0.2) is 23.1 Å². The van der Waals surface area contributed by atoms with Gasteiger partial charge in [-0.3, -0.25) is 4.79 Å². The number of carbonyl (C=O) groups is 1. The minimum Gasteiger partial charge on any atom is -0.369 e. The van der Waals surface area contributed by atoms with Crippen LogP contribution in [0, 0.1) is 11.3 Å². The lowest BCUT2D eigenvalue weighted by molar-refractivity contribution is -0.137. The highest BCUT2D eigenvalue weighted by Gasteiger charge is 2.34. The summed E-state index contributed by atoms with van der Waals surface area (Å²) in [6, 6.07) is 4.84. The van der Waals surface area contributed by atoms with Gasteiger partial charge in [0.1, 0.15) is 0 Å². The first-order valence-corrected chi connectivity index (χ1v) is 6.24. The summed E-state index contributed by atoms with van der Waals surface area (Å²) in [5.74, 6) is -0.578. The van der Waals surface area contributed by atoms with E-state index in [1.807, 2.05) is 0 Å². The maximum Gasteiger partial charge on any atom is 0.417 e. The predicted molar refractivity (Wildman–Crippen MR) is 65.3 cm³/mol. The minimum atomic E-state index is -4.60. The van der Waals surface area contributed by atoms with Crippen LogP contribution in [0.1, 0.15) is 24.5 Å². The van der Waals surface area contributed by atoms with E-state index in [4.69, 9.17) is 11.0 Å². The Hall–Kier alpha value is -1.68. The average Bonchev–Trinajstić information content (AvgIpc) is 2.34. The lowest BCUT2D eigenvalue weighted by Gasteiger charge is -2.13. The Morgan fingerprint density at radius 2 is 2.16 bits per heavy atom. The van der Waals surface area contributed by atoms with Crippen LogP contribution >= 0.6 is 11.8 Å². The van der Waals surface area contributed by atoms with E-state index in [0.29, 0.717) is 6.42 Å². The maximum atomic E-state index is 12.7. The van der Waals surface area contributed by atoms with E-state index in [2.05, 4.69) is 0 Å². The number of carbonyl (C=O) groups excluding carboxylic acids is 1. The zero-order valence-corrected chi connectivity index (χ0v) is 10.8. The van der Waals surface area contributed by atoms with Gasteiger partial charge in [0.25, 0.3) is 0 Å². The molecule has 0 fully saturated rings. The van der Waals surface area contributed by atoms with Crippen molar-refractivity contribution in [2.75, 3.05) is 0 Å². The fourth-order valence-corrected chi connectivity index (χ4v) is 2.38. The molecule has 1 rings (SSSR count). The fourth-order valence-electron chi connectivity index (χ4n) is 1.44. The Labute approximate surface area is 112 Å². The Morgan fingerprint density at radius 1 is 1.53 bits per heavy atom. The van der Waals surface area contributed by atoms with Crippen LogP contribution in [0.5, 0.6) is 0 Å². The van der Waals surface area contributed by atoms with E-state index in [-0.39, 0.29) is 4.90 Å². The molecule has 0 saturated heterocycles. The van der Waals surface area contributed by atoms with Crippen LogP contribution in [0.3, 0.4) is 0 Å². The van der Waals surface area contributed by atoms with Gasteiger partial charge in [0.15, 0.2) is 0 Å². The molecule has 3 nitrogen and oxygen atoms in total. The van der Waals surface area contributed by atoms with Crippen LogP contribution in [0.25, 0.3) is 0 Å². The van der Waals surface area contributed by atoms with Gasteiger partial charge in [-0.2, -0.15) is 18.4 Å². The number of nitrogens with zero attached hydrogens (tertiary/aromatic N) is 1. The van der Waals surface area contributed by atoms with Crippen molar-refractivity contribution in [2.24, 2.45) is 5.73 Å². The molecule has 0 aliphatic carbocycles. The van der Waals surface area contributed by atoms with E-state index in [1.54, 1.807) is 6.92 Å². The summed E-state index contributed by atoms with van der Waals surface area (Å²) in [6.07, 6.45) is -4.18. The van der Waals surface area contributed by atoms with Crippen LogP contribution in [0.4, 0.5) is 13.2 Å². The largest absolute Gasteiger partial charge is 0.417 e. The lowest BCUT2D eigenvalue weighted by Crippen LogP contribution is -2.24. The van der Waals surface area contributed by atoms with Gasteiger partial charge < -0.3 is 5.73 Å². The van der Waals surface area contributed by atoms with E-state index in [1.165, 1.54) is 12.1 Å². The number of nitriles is 1. The molecule has 1 aromatic rings. The second-order valence-electron chi connectivity index (χ2n) is 3.73. The highest BCUT2D eigenvalue weighted by molar-refractivity contribution is 8.00. The number of hydrogen-bond donors (Lipinski definition) is 1. The summed E-state index contributed by atoms with van der Waals surface area (Å²) in [5.41, 5.74) is 3.70. The summed E-state index contributed by atoms with van der Waals surface area (Å²) < 4.78 is 38.2. The zero-order chi connectivity index (χ0) is 14.6. The third-order valence-electron chi connectivity index (χ3n) is 2.38. The van der Waals surface area contributed by atoms with Gasteiger partial charge >= 0.3 is 6.18 Å². The monoisotopic (exact) mass is 288 g/mol. The smallest absolute Gasteiger partial charge is 0.369 e. The number of halogens is 3. The molecule has 0 saturated carbocycles. The topological polar surface area (TPSA) is 66.9 Å². The number of hydrogen-bond acceptors (Lipinski definition) is 3. The average molecular weight is 288 g/mol. The SMILES string of the molecule is CC[C@@H](Sc1ccc(C#N)c(C(F)(F)F)c1)C(N)=O. The molecule has 7 heteroatoms. The second-order valence-corrected chi connectivity index (χ2v) is 5.01. The summed E-state index contributed by atoms with van der Waals surface area (Å²) in [6.45, 7) is 1.72. The van der Waals surface area contributed by atoms with Gasteiger partial charge in [0, 0.05) is 4.90 Å². The predicted octanol–water partition coefficient (Wildman–Crippen LogP) is 2.93. The molecule has 102 valence electrons. The summed E-state index contributed by atoms with van der Waals surface area (Å²) in [4.78, 5) is 11.3. The molecule has 0 aliphatic heterocycles. The van der Waals surface area contributed by atoms with Crippen LogP contribution in [-0.4, -0.2) is 11.2 Å². The van der Waals surface area contributed by atoms with Crippen molar-refractivity contribution < 1.29 is 18.0 Å². The molecule has 19 heavy (non-hydrogen) atoms. The molecule has 0 spiro atoms. The molecule has 0 radical (unpaired) electrons. The highest BCUT2D eigenvalue weighted by atomic mass is 32.2. The minimum absolute atomic E-state index is 0.261. The molecule has 1 aromatic carbocycles. The first kappa shape index (κ1) is 15.4. The molecule has 0 heterocycles. The van der Waals surface area contributed by atoms with Crippen LogP contribution in [0.2, 0.25) is 0 Å². The van der Waals surface area contributed by atoms with Crippen molar-refractivity contribution in [3.05, 3.63) is 29.3 Å². The molecule has 0 bridgehead atoms. The van der Waals surface area contributed by atoms with Crippen LogP contribution in [-0.2, 0) is 11.0 Å². The standard InChI is InChI=1S/C12H11F3N2OS/c1-2-10(11(17)18)19-8-4-3-7(6-16)9(5-8)12(13,14)15/h3-5,10H,2H2,1H3,(H2,17,18)/t10-/m1/s1. The van der Waals surface area contributed by atoms with E-state index < -0.39 is 28.5 Å². The van der Waals surface area contributed by atoms with Crippen LogP contribution < -0.4 is 5.73 Å². The molecule has 0 unspecified atom stereocenters. The first-order valence-electron chi connectivity index (χ1n) is 5.37. The normalized spacial score (nSPS) is 12.8. The third kappa shape index (κ3) is 3.89. The molecule has 1 atom stereocenters. The molecule has 2 N–H and O–H groups in total. The number of rotatable bonds is 4. The van der Waals surface area contributed by atoms with Gasteiger partial charge in [-0.25, -0.2) is 0 Å². The second kappa shape index (κ2) is 5.97. The third-order valence-corrected chi connectivity index (χ3v) is 3.76. The summed E-state index contributed by atoms with van der Waals surface area (Å²) in [5, 5.41) is 8.07. The van der Waals surface area contributed by atoms with E-state index >= 15 is 0 Å². The Bertz CT molecular complexity index is 523. The number of thioether (sulfide) groups is 1. The number of nitrogens with two attached hydrogens (primary N) is 1. The molecule has 0 aliphatic rings. The van der Waals surface area contributed by atoms with E-state index in [0.717, 1.165) is 23.9 Å². The maximum absolute atomic E-state index is 12.7. The quantitative estimate of drug-likeness (QED) is 0.866. The number of primary amides is 1. The van der Waals surface area contributed by atoms with Crippen molar-refractivity contribution in [2.45, 2.75) is 29.7 Å². The molecular formula is C12H11F3N2OS. The van der Waals surface area contributed by atoms with Crippen molar-refractivity contribution >= 4 is 17.7 Å². The van der Waals surface area contributed by atoms with Gasteiger partial charge in [-0.15, -0.1) is 11.8 Å². The van der Waals surface area contributed by atoms with Crippen molar-refractivity contribution in [3.63, 3.8) is 0 Å². The molecular weight excluding hydrogens is 277 g/mol. The Kier molecular flexibility index (Phi) is 4.84. The highest BCUT2D eigenvalue weighted by Crippen LogP contribution is 2.35. The van der Waals surface area contributed by atoms with Crippen molar-refractivity contribution in [1.82, 2.24) is 0 Å². The van der Waals surface area contributed by atoms with Crippen molar-refractivity contribution in [3.8, 4) is 6.07 Å². The number of alkyl halides is 3. The number of amides is 1.